The van der Waals surface area contributed by atoms with Crippen molar-refractivity contribution in [3.8, 4) is 0 Å². The van der Waals surface area contributed by atoms with E-state index in [2.05, 4.69) is 55.4 Å². The maximum absolute atomic E-state index is 2.19. The van der Waals surface area contributed by atoms with Crippen LogP contribution < -0.4 is 0 Å². The zero-order valence-electron chi connectivity index (χ0n) is 17.7. The van der Waals surface area contributed by atoms with E-state index >= 15 is 0 Å². The molecule has 20 heavy (non-hydrogen) atoms. The van der Waals surface area contributed by atoms with Crippen LogP contribution in [-0.4, -0.2) is 0 Å². The van der Waals surface area contributed by atoms with Crippen LogP contribution in [0, 0.1) is 86.3 Å². The molecule has 0 unspecified atom stereocenters. The molecule has 0 aromatic heterocycles. The van der Waals surface area contributed by atoms with Crippen LogP contribution in [0.15, 0.2) is 0 Å². The van der Waals surface area contributed by atoms with Gasteiger partial charge in [-0.25, -0.2) is 0 Å². The summed E-state index contributed by atoms with van der Waals surface area (Å²) < 4.78 is 0. The molecule has 136 valence electrons. The second-order valence-electron chi connectivity index (χ2n) is 6.00. The molecule has 0 fully saturated rings. The van der Waals surface area contributed by atoms with Gasteiger partial charge in [0, 0.05) is 75.5 Å². The minimum absolute atomic E-state index is 0. The number of rotatable bonds is 0. The predicted octanol–water partition coefficient (Wildman–Crippen LogP) is 8.21. The van der Waals surface area contributed by atoms with Crippen molar-refractivity contribution >= 4 is 0 Å². The molecule has 0 rings (SSSR count). The van der Waals surface area contributed by atoms with Crippen molar-refractivity contribution < 1.29 is 75.5 Å². The number of hydrogen-bond acceptors (Lipinski definition) is 0. The van der Waals surface area contributed by atoms with E-state index in [0.29, 0.717) is 10.8 Å². The molecule has 0 aromatic carbocycles. The molecule has 0 N–H and O–H groups in total. The second-order valence-corrected chi connectivity index (χ2v) is 6.00. The van der Waals surface area contributed by atoms with E-state index in [1.165, 1.54) is 0 Å². The van der Waals surface area contributed by atoms with Crippen LogP contribution in [0.5, 0.6) is 0 Å². The Balaban J connectivity index is -0.0000000151. The molecule has 0 heterocycles. The van der Waals surface area contributed by atoms with Crippen LogP contribution in [0.2, 0.25) is 0 Å². The first kappa shape index (κ1) is 49.5. The molecular weight excluding hydrogens is 296 g/mol. The summed E-state index contributed by atoms with van der Waals surface area (Å²) in [5.74, 6) is 0. The zero-order chi connectivity index (χ0) is 17.0. The molecular formula is C18H48Ar2. The Morgan fingerprint density at radius 1 is 0.300 bits per heavy atom. The molecule has 0 spiro atoms. The average Bonchev–Trinajstić information content (AvgIpc) is 2.24. The van der Waals surface area contributed by atoms with Crippen LogP contribution in [0.3, 0.4) is 0 Å². The standard InChI is InChI=1S/2C5H12.4C2H6.2Ar/c2*1-5(2,3)4;4*1-2;;/h2*1-4H3;4*1-2H3;;. The van der Waals surface area contributed by atoms with Gasteiger partial charge in [-0.2, -0.15) is 0 Å². The van der Waals surface area contributed by atoms with Gasteiger partial charge in [-0.15, -0.1) is 0 Å². The van der Waals surface area contributed by atoms with E-state index in [9.17, 15) is 0 Å². The quantitative estimate of drug-likeness (QED) is 0.415. The molecule has 0 aliphatic heterocycles. The largest absolute Gasteiger partial charge is 0.0683 e. The smallest absolute Gasteiger partial charge is 0 e. The summed E-state index contributed by atoms with van der Waals surface area (Å²) in [6, 6.07) is 0. The summed E-state index contributed by atoms with van der Waals surface area (Å²) in [6.07, 6.45) is 0. The van der Waals surface area contributed by atoms with E-state index in [1.54, 1.807) is 0 Å². The summed E-state index contributed by atoms with van der Waals surface area (Å²) in [5, 5.41) is 0. The third kappa shape index (κ3) is 1230. The van der Waals surface area contributed by atoms with E-state index in [0.717, 1.165) is 0 Å². The van der Waals surface area contributed by atoms with Crippen molar-refractivity contribution in [2.24, 2.45) is 10.8 Å². The van der Waals surface area contributed by atoms with E-state index in [1.807, 2.05) is 55.4 Å². The maximum atomic E-state index is 2.19. The first-order chi connectivity index (χ1) is 8.00. The van der Waals surface area contributed by atoms with E-state index in [4.69, 9.17) is 0 Å². The molecule has 0 aromatic rings. The van der Waals surface area contributed by atoms with Gasteiger partial charge in [0.2, 0.25) is 0 Å². The van der Waals surface area contributed by atoms with Gasteiger partial charge in [0.15, 0.2) is 0 Å². The fourth-order valence-electron chi connectivity index (χ4n) is 0. The van der Waals surface area contributed by atoms with Crippen molar-refractivity contribution in [3.63, 3.8) is 0 Å². The van der Waals surface area contributed by atoms with Crippen molar-refractivity contribution in [3.05, 3.63) is 0 Å². The van der Waals surface area contributed by atoms with Crippen molar-refractivity contribution in [2.45, 2.75) is 111 Å². The maximum Gasteiger partial charge on any atom is 0 e. The molecule has 0 radical (unpaired) electrons. The van der Waals surface area contributed by atoms with Crippen molar-refractivity contribution in [1.82, 2.24) is 0 Å². The molecule has 0 bridgehead atoms. The Kier molecular flexibility index (Phi) is 106. The molecule has 2 heteroatoms. The predicted molar refractivity (Wildman–Crippen MR) is 95.7 cm³/mol. The summed E-state index contributed by atoms with van der Waals surface area (Å²) in [4.78, 5) is 0. The van der Waals surface area contributed by atoms with Gasteiger partial charge in [0.1, 0.15) is 0 Å². The van der Waals surface area contributed by atoms with Crippen LogP contribution in [0.25, 0.3) is 0 Å². The zero-order valence-corrected chi connectivity index (χ0v) is 19.1. The SMILES string of the molecule is CC.CC.CC.CC.CC(C)(C)C.CC(C)(C)C.[Ar].[Ar]. The second kappa shape index (κ2) is 43.0. The van der Waals surface area contributed by atoms with Crippen LogP contribution in [0.4, 0.5) is 0 Å². The molecule has 0 amide bonds. The fraction of sp³-hybridized carbons (Fsp3) is 1.00. The van der Waals surface area contributed by atoms with Gasteiger partial charge < -0.3 is 0 Å². The van der Waals surface area contributed by atoms with Crippen LogP contribution in [-0.2, 0) is 0 Å². The van der Waals surface area contributed by atoms with Gasteiger partial charge in [0.25, 0.3) is 0 Å². The van der Waals surface area contributed by atoms with E-state index < -0.39 is 0 Å². The Morgan fingerprint density at radius 3 is 0.300 bits per heavy atom. The summed E-state index contributed by atoms with van der Waals surface area (Å²) in [5.41, 5.74) is 1.00. The first-order valence-electron chi connectivity index (χ1n) is 8.00. The Hall–Kier alpha value is 2.52. The number of hydrogen-bond donors (Lipinski definition) is 0. The van der Waals surface area contributed by atoms with Gasteiger partial charge in [-0.1, -0.05) is 111 Å². The third-order valence-electron chi connectivity index (χ3n) is 0. The molecule has 0 nitrogen and oxygen atoms in total. The Morgan fingerprint density at radius 2 is 0.300 bits per heavy atom. The molecule has 0 atom stereocenters. The molecule has 0 aliphatic rings. The van der Waals surface area contributed by atoms with Crippen molar-refractivity contribution in [1.29, 1.82) is 0 Å². The van der Waals surface area contributed by atoms with Gasteiger partial charge >= 0.3 is 0 Å². The minimum Gasteiger partial charge on any atom is -0.0683 e. The van der Waals surface area contributed by atoms with Crippen LogP contribution in [0.1, 0.15) is 111 Å². The Bertz CT molecular complexity index is 52.4. The average molecular weight is 344 g/mol. The van der Waals surface area contributed by atoms with Crippen molar-refractivity contribution in [2.75, 3.05) is 0 Å². The molecule has 0 saturated carbocycles. The monoisotopic (exact) mass is 344 g/mol. The van der Waals surface area contributed by atoms with Gasteiger partial charge in [-0.05, 0) is 10.8 Å². The minimum atomic E-state index is 0. The fourth-order valence-corrected chi connectivity index (χ4v) is 0. The molecule has 0 aliphatic carbocycles. The topological polar surface area (TPSA) is 0 Å². The third-order valence-corrected chi connectivity index (χ3v) is 0. The first-order valence-corrected chi connectivity index (χ1v) is 8.00. The van der Waals surface area contributed by atoms with Gasteiger partial charge in [-0.3, -0.25) is 0 Å². The summed E-state index contributed by atoms with van der Waals surface area (Å²) in [7, 11) is 0. The van der Waals surface area contributed by atoms with Gasteiger partial charge in [0.05, 0.1) is 0 Å². The summed E-state index contributed by atoms with van der Waals surface area (Å²) in [6.45, 7) is 33.5. The summed E-state index contributed by atoms with van der Waals surface area (Å²) >= 11 is 0. The van der Waals surface area contributed by atoms with Crippen LogP contribution >= 0.6 is 0 Å². The van der Waals surface area contributed by atoms with E-state index in [-0.39, 0.29) is 75.5 Å². The molecule has 0 saturated heterocycles. The Labute approximate surface area is 194 Å². The normalized spacial score (nSPS) is 7.20.